The van der Waals surface area contributed by atoms with E-state index in [4.69, 9.17) is 4.74 Å². The highest BCUT2D eigenvalue weighted by atomic mass is 16.5. The summed E-state index contributed by atoms with van der Waals surface area (Å²) < 4.78 is 5.03. The predicted molar refractivity (Wildman–Crippen MR) is 61.7 cm³/mol. The summed E-state index contributed by atoms with van der Waals surface area (Å²) >= 11 is 0. The van der Waals surface area contributed by atoms with E-state index in [0.717, 1.165) is 0 Å². The number of hydrogen-bond acceptors (Lipinski definition) is 2. The summed E-state index contributed by atoms with van der Waals surface area (Å²) in [6, 6.07) is 0. The van der Waals surface area contributed by atoms with Crippen LogP contribution in [0.25, 0.3) is 0 Å². The average Bonchev–Trinajstić information content (AvgIpc) is 2.28. The molecular formula is C13H24O2. The molecule has 0 unspecified atom stereocenters. The summed E-state index contributed by atoms with van der Waals surface area (Å²) in [7, 11) is 0. The first kappa shape index (κ1) is 12.5. The van der Waals surface area contributed by atoms with E-state index < -0.39 is 0 Å². The third kappa shape index (κ3) is 4.23. The zero-order valence-electron chi connectivity index (χ0n) is 9.96. The van der Waals surface area contributed by atoms with Crippen molar-refractivity contribution in [3.05, 3.63) is 0 Å². The number of ether oxygens (including phenoxy) is 1. The molecule has 0 heterocycles. The van der Waals surface area contributed by atoms with E-state index in [2.05, 4.69) is 6.92 Å². The van der Waals surface area contributed by atoms with E-state index in [1.54, 1.807) is 0 Å². The Morgan fingerprint density at radius 2 is 1.93 bits per heavy atom. The molecular weight excluding hydrogens is 188 g/mol. The number of unbranched alkanes of at least 4 members (excludes halogenated alkanes) is 2. The van der Waals surface area contributed by atoms with E-state index in [9.17, 15) is 4.79 Å². The minimum absolute atomic E-state index is 0.328. The van der Waals surface area contributed by atoms with Crippen molar-refractivity contribution >= 4 is 6.47 Å². The molecule has 1 fully saturated rings. The Kier molecular flexibility index (Phi) is 5.74. The van der Waals surface area contributed by atoms with Gasteiger partial charge in [0.15, 0.2) is 0 Å². The van der Waals surface area contributed by atoms with Gasteiger partial charge in [0, 0.05) is 5.41 Å². The largest absolute Gasteiger partial charge is 0.467 e. The van der Waals surface area contributed by atoms with Crippen molar-refractivity contribution in [3.63, 3.8) is 0 Å². The van der Waals surface area contributed by atoms with Gasteiger partial charge in [0.05, 0.1) is 6.61 Å². The molecule has 0 bridgehead atoms. The lowest BCUT2D eigenvalue weighted by molar-refractivity contribution is -0.133. The van der Waals surface area contributed by atoms with Gasteiger partial charge >= 0.3 is 0 Å². The molecule has 1 aliphatic carbocycles. The standard InChI is InChI=1S/C13H24O2/c1-2-3-5-8-13(11-15-12-14)9-6-4-7-10-13/h12H,2-11H2,1H3. The van der Waals surface area contributed by atoms with Crippen LogP contribution in [0.15, 0.2) is 0 Å². The van der Waals surface area contributed by atoms with E-state index >= 15 is 0 Å². The van der Waals surface area contributed by atoms with Gasteiger partial charge in [-0.1, -0.05) is 45.4 Å². The van der Waals surface area contributed by atoms with Gasteiger partial charge in [0.25, 0.3) is 6.47 Å². The first-order valence-corrected chi connectivity index (χ1v) is 6.38. The maximum atomic E-state index is 10.3. The van der Waals surface area contributed by atoms with Crippen LogP contribution in [-0.4, -0.2) is 13.1 Å². The highest BCUT2D eigenvalue weighted by molar-refractivity contribution is 5.37. The maximum Gasteiger partial charge on any atom is 0.293 e. The first-order valence-electron chi connectivity index (χ1n) is 6.38. The summed E-state index contributed by atoms with van der Waals surface area (Å²) in [4.78, 5) is 10.3. The second-order valence-corrected chi connectivity index (χ2v) is 4.92. The summed E-state index contributed by atoms with van der Waals surface area (Å²) in [5.41, 5.74) is 0.328. The Balaban J connectivity index is 2.38. The molecule has 1 saturated carbocycles. The fourth-order valence-corrected chi connectivity index (χ4v) is 2.73. The number of carbonyl (C=O) groups excluding carboxylic acids is 1. The van der Waals surface area contributed by atoms with Crippen LogP contribution in [0.2, 0.25) is 0 Å². The van der Waals surface area contributed by atoms with Crippen LogP contribution in [0.1, 0.15) is 64.7 Å². The van der Waals surface area contributed by atoms with E-state index in [-0.39, 0.29) is 0 Å². The van der Waals surface area contributed by atoms with Gasteiger partial charge in [-0.3, -0.25) is 4.79 Å². The molecule has 0 aromatic rings. The predicted octanol–water partition coefficient (Wildman–Crippen LogP) is 3.69. The van der Waals surface area contributed by atoms with Gasteiger partial charge in [0.1, 0.15) is 0 Å². The van der Waals surface area contributed by atoms with Crippen LogP contribution in [-0.2, 0) is 9.53 Å². The minimum atomic E-state index is 0.328. The Morgan fingerprint density at radius 3 is 2.53 bits per heavy atom. The molecule has 0 spiro atoms. The minimum Gasteiger partial charge on any atom is -0.467 e. The molecule has 88 valence electrons. The fourth-order valence-electron chi connectivity index (χ4n) is 2.73. The maximum absolute atomic E-state index is 10.3. The Bertz CT molecular complexity index is 171. The van der Waals surface area contributed by atoms with Gasteiger partial charge in [-0.25, -0.2) is 0 Å². The highest BCUT2D eigenvalue weighted by Crippen LogP contribution is 2.40. The van der Waals surface area contributed by atoms with Crippen molar-refractivity contribution in [1.29, 1.82) is 0 Å². The smallest absolute Gasteiger partial charge is 0.293 e. The zero-order valence-corrected chi connectivity index (χ0v) is 9.96. The quantitative estimate of drug-likeness (QED) is 0.475. The van der Waals surface area contributed by atoms with Gasteiger partial charge in [-0.15, -0.1) is 0 Å². The van der Waals surface area contributed by atoms with Crippen molar-refractivity contribution < 1.29 is 9.53 Å². The number of rotatable bonds is 7. The van der Waals surface area contributed by atoms with Crippen molar-refractivity contribution in [1.82, 2.24) is 0 Å². The molecule has 1 rings (SSSR count). The van der Waals surface area contributed by atoms with Crippen molar-refractivity contribution in [2.45, 2.75) is 64.7 Å². The lowest BCUT2D eigenvalue weighted by Crippen LogP contribution is -2.29. The molecule has 0 saturated heterocycles. The molecule has 1 aliphatic rings. The van der Waals surface area contributed by atoms with Crippen molar-refractivity contribution in [2.75, 3.05) is 6.61 Å². The van der Waals surface area contributed by atoms with Crippen LogP contribution >= 0.6 is 0 Å². The zero-order chi connectivity index (χ0) is 11.0. The second kappa shape index (κ2) is 6.86. The molecule has 2 heteroatoms. The monoisotopic (exact) mass is 212 g/mol. The molecule has 0 radical (unpaired) electrons. The lowest BCUT2D eigenvalue weighted by Gasteiger charge is -2.36. The molecule has 0 aromatic carbocycles. The Labute approximate surface area is 93.4 Å². The molecule has 0 aliphatic heterocycles. The topological polar surface area (TPSA) is 26.3 Å². The van der Waals surface area contributed by atoms with Crippen LogP contribution in [0.5, 0.6) is 0 Å². The van der Waals surface area contributed by atoms with Crippen LogP contribution in [0.3, 0.4) is 0 Å². The molecule has 15 heavy (non-hydrogen) atoms. The van der Waals surface area contributed by atoms with Gasteiger partial charge in [0.2, 0.25) is 0 Å². The third-order valence-corrected chi connectivity index (χ3v) is 3.68. The highest BCUT2D eigenvalue weighted by Gasteiger charge is 2.32. The van der Waals surface area contributed by atoms with Crippen LogP contribution in [0.4, 0.5) is 0 Å². The molecule has 0 atom stereocenters. The first-order chi connectivity index (χ1) is 7.33. The van der Waals surface area contributed by atoms with E-state index in [1.165, 1.54) is 57.8 Å². The van der Waals surface area contributed by atoms with E-state index in [1.807, 2.05) is 0 Å². The molecule has 0 aromatic heterocycles. The summed E-state index contributed by atoms with van der Waals surface area (Å²) in [6.45, 7) is 3.49. The second-order valence-electron chi connectivity index (χ2n) is 4.92. The van der Waals surface area contributed by atoms with E-state index in [0.29, 0.717) is 18.5 Å². The fraction of sp³-hybridized carbons (Fsp3) is 0.923. The summed E-state index contributed by atoms with van der Waals surface area (Å²) in [5.74, 6) is 0. The Hall–Kier alpha value is -0.530. The van der Waals surface area contributed by atoms with Gasteiger partial charge in [-0.2, -0.15) is 0 Å². The Morgan fingerprint density at radius 1 is 1.20 bits per heavy atom. The summed E-state index contributed by atoms with van der Waals surface area (Å²) in [6.07, 6.45) is 11.6. The average molecular weight is 212 g/mol. The third-order valence-electron chi connectivity index (χ3n) is 3.68. The van der Waals surface area contributed by atoms with Crippen LogP contribution < -0.4 is 0 Å². The normalized spacial score (nSPS) is 19.8. The lowest BCUT2D eigenvalue weighted by atomic mass is 9.71. The van der Waals surface area contributed by atoms with Crippen molar-refractivity contribution in [3.8, 4) is 0 Å². The number of carbonyl (C=O) groups is 1. The number of hydrogen-bond donors (Lipinski definition) is 0. The SMILES string of the molecule is CCCCCC1(COC=O)CCCCC1. The van der Waals surface area contributed by atoms with Gasteiger partial charge in [-0.05, 0) is 19.3 Å². The van der Waals surface area contributed by atoms with Crippen molar-refractivity contribution in [2.24, 2.45) is 5.41 Å². The molecule has 2 nitrogen and oxygen atoms in total. The van der Waals surface area contributed by atoms with Gasteiger partial charge < -0.3 is 4.74 Å². The molecule has 0 amide bonds. The van der Waals surface area contributed by atoms with Crippen LogP contribution in [0, 0.1) is 5.41 Å². The molecule has 0 N–H and O–H groups in total. The summed E-state index contributed by atoms with van der Waals surface area (Å²) in [5, 5.41) is 0.